The predicted octanol–water partition coefficient (Wildman–Crippen LogP) is 2.05. The molecule has 0 saturated carbocycles. The van der Waals surface area contributed by atoms with Crippen LogP contribution in [0.5, 0.6) is 5.75 Å². The maximum absolute atomic E-state index is 5.12. The molecule has 3 nitrogen and oxygen atoms in total. The Morgan fingerprint density at radius 1 is 1.17 bits per heavy atom. The Labute approximate surface area is 75.9 Å². The van der Waals surface area contributed by atoms with Crippen molar-refractivity contribution in [2.75, 3.05) is 21.3 Å². The van der Waals surface area contributed by atoms with Crippen LogP contribution in [-0.2, 0) is 9.47 Å². The normalized spacial score (nSPS) is 10.7. The van der Waals surface area contributed by atoms with Gasteiger partial charge in [0.15, 0.2) is 6.29 Å². The Morgan fingerprint density at radius 2 is 1.83 bits per heavy atom. The third-order valence-corrected chi connectivity index (χ3v) is 2.30. The van der Waals surface area contributed by atoms with E-state index in [1.165, 1.54) is 0 Å². The van der Waals surface area contributed by atoms with E-state index in [4.69, 9.17) is 14.2 Å². The largest absolute Gasteiger partial charge is 0.495 e. The number of ether oxygens (including phenoxy) is 3. The van der Waals surface area contributed by atoms with E-state index >= 15 is 0 Å². The molecule has 0 fully saturated rings. The monoisotopic (exact) mass is 188 g/mol. The highest BCUT2D eigenvalue weighted by Crippen LogP contribution is 2.30. The molecule has 1 aromatic heterocycles. The first kappa shape index (κ1) is 9.51. The fourth-order valence-corrected chi connectivity index (χ4v) is 1.78. The highest BCUT2D eigenvalue weighted by Gasteiger charge is 2.14. The summed E-state index contributed by atoms with van der Waals surface area (Å²) in [5, 5.41) is 3.87. The van der Waals surface area contributed by atoms with Gasteiger partial charge in [0.1, 0.15) is 5.75 Å². The maximum Gasteiger partial charge on any atom is 0.187 e. The second-order valence-corrected chi connectivity index (χ2v) is 2.94. The summed E-state index contributed by atoms with van der Waals surface area (Å²) in [4.78, 5) is 0. The highest BCUT2D eigenvalue weighted by atomic mass is 32.1. The summed E-state index contributed by atoms with van der Waals surface area (Å²) in [5.74, 6) is 0.814. The summed E-state index contributed by atoms with van der Waals surface area (Å²) < 4.78 is 15.3. The lowest BCUT2D eigenvalue weighted by molar-refractivity contribution is -0.106. The molecule has 0 atom stereocenters. The van der Waals surface area contributed by atoms with Crippen LogP contribution in [0.1, 0.15) is 11.9 Å². The SMILES string of the molecule is COc1cscc1C(OC)OC. The number of hydrogen-bond acceptors (Lipinski definition) is 4. The van der Waals surface area contributed by atoms with Gasteiger partial charge in [-0.05, 0) is 0 Å². The van der Waals surface area contributed by atoms with Crippen molar-refractivity contribution in [2.45, 2.75) is 6.29 Å². The summed E-state index contributed by atoms with van der Waals surface area (Å²) in [6.07, 6.45) is -0.328. The molecule has 0 aliphatic carbocycles. The fourth-order valence-electron chi connectivity index (χ4n) is 0.983. The molecule has 0 saturated heterocycles. The van der Waals surface area contributed by atoms with Crippen molar-refractivity contribution in [1.29, 1.82) is 0 Å². The standard InChI is InChI=1S/C8H12O3S/c1-9-7-5-12-4-6(7)8(10-2)11-3/h4-5,8H,1-3H3. The predicted molar refractivity (Wildman–Crippen MR) is 47.6 cm³/mol. The third kappa shape index (κ3) is 1.77. The average molecular weight is 188 g/mol. The molecule has 1 heterocycles. The van der Waals surface area contributed by atoms with E-state index in [0.29, 0.717) is 0 Å². The maximum atomic E-state index is 5.12. The van der Waals surface area contributed by atoms with Gasteiger partial charge in [-0.25, -0.2) is 0 Å². The van der Waals surface area contributed by atoms with Crippen molar-refractivity contribution in [3.8, 4) is 5.75 Å². The number of rotatable bonds is 4. The van der Waals surface area contributed by atoms with E-state index in [0.717, 1.165) is 11.3 Å². The molecule has 0 bridgehead atoms. The summed E-state index contributed by atoms with van der Waals surface area (Å²) in [6, 6.07) is 0. The first-order valence-corrected chi connectivity index (χ1v) is 4.43. The molecule has 0 aliphatic heterocycles. The zero-order valence-electron chi connectivity index (χ0n) is 7.37. The van der Waals surface area contributed by atoms with Gasteiger partial charge in [-0.3, -0.25) is 0 Å². The molecule has 0 aliphatic rings. The minimum atomic E-state index is -0.328. The quantitative estimate of drug-likeness (QED) is 0.677. The Morgan fingerprint density at radius 3 is 2.33 bits per heavy atom. The minimum absolute atomic E-state index is 0.328. The molecule has 1 aromatic rings. The Hall–Kier alpha value is -0.580. The van der Waals surface area contributed by atoms with Crippen molar-refractivity contribution in [3.63, 3.8) is 0 Å². The van der Waals surface area contributed by atoms with Gasteiger partial charge in [-0.2, -0.15) is 0 Å². The lowest BCUT2D eigenvalue weighted by Crippen LogP contribution is -2.03. The van der Waals surface area contributed by atoms with Crippen LogP contribution in [0.15, 0.2) is 10.8 Å². The Balaban J connectivity index is 2.83. The second kappa shape index (κ2) is 4.45. The topological polar surface area (TPSA) is 27.7 Å². The first-order valence-electron chi connectivity index (χ1n) is 3.49. The fraction of sp³-hybridized carbons (Fsp3) is 0.500. The highest BCUT2D eigenvalue weighted by molar-refractivity contribution is 7.08. The molecular formula is C8H12O3S. The zero-order chi connectivity index (χ0) is 8.97. The molecule has 1 rings (SSSR count). The van der Waals surface area contributed by atoms with Gasteiger partial charge in [0, 0.05) is 25.0 Å². The van der Waals surface area contributed by atoms with Crippen LogP contribution in [0.4, 0.5) is 0 Å². The number of thiophene rings is 1. The van der Waals surface area contributed by atoms with E-state index < -0.39 is 0 Å². The van der Waals surface area contributed by atoms with Crippen molar-refractivity contribution in [3.05, 3.63) is 16.3 Å². The van der Waals surface area contributed by atoms with E-state index in [2.05, 4.69) is 0 Å². The van der Waals surface area contributed by atoms with Crippen LogP contribution < -0.4 is 4.74 Å². The van der Waals surface area contributed by atoms with E-state index in [9.17, 15) is 0 Å². The molecule has 0 aromatic carbocycles. The molecule has 0 N–H and O–H groups in total. The van der Waals surface area contributed by atoms with Crippen molar-refractivity contribution in [1.82, 2.24) is 0 Å². The molecule has 68 valence electrons. The molecular weight excluding hydrogens is 176 g/mol. The van der Waals surface area contributed by atoms with E-state index in [1.807, 2.05) is 10.8 Å². The summed E-state index contributed by atoms with van der Waals surface area (Å²) in [7, 11) is 4.84. The molecule has 0 spiro atoms. The van der Waals surface area contributed by atoms with Crippen LogP contribution in [0.2, 0.25) is 0 Å². The van der Waals surface area contributed by atoms with Gasteiger partial charge < -0.3 is 14.2 Å². The molecule has 0 unspecified atom stereocenters. The molecule has 0 radical (unpaired) electrons. The number of hydrogen-bond donors (Lipinski definition) is 0. The van der Waals surface area contributed by atoms with Crippen LogP contribution >= 0.6 is 11.3 Å². The average Bonchev–Trinajstić information content (AvgIpc) is 2.55. The summed E-state index contributed by atoms with van der Waals surface area (Å²) in [5.41, 5.74) is 0.938. The van der Waals surface area contributed by atoms with Crippen molar-refractivity contribution < 1.29 is 14.2 Å². The van der Waals surface area contributed by atoms with E-state index in [-0.39, 0.29) is 6.29 Å². The van der Waals surface area contributed by atoms with Crippen LogP contribution in [-0.4, -0.2) is 21.3 Å². The zero-order valence-corrected chi connectivity index (χ0v) is 8.18. The first-order chi connectivity index (χ1) is 5.83. The number of methoxy groups -OCH3 is 3. The molecule has 12 heavy (non-hydrogen) atoms. The Bertz CT molecular complexity index is 230. The van der Waals surface area contributed by atoms with Crippen molar-refractivity contribution >= 4 is 11.3 Å². The van der Waals surface area contributed by atoms with Crippen LogP contribution in [0.3, 0.4) is 0 Å². The minimum Gasteiger partial charge on any atom is -0.495 e. The van der Waals surface area contributed by atoms with Crippen LogP contribution in [0, 0.1) is 0 Å². The lowest BCUT2D eigenvalue weighted by Gasteiger charge is -2.13. The molecule has 0 amide bonds. The smallest absolute Gasteiger partial charge is 0.187 e. The van der Waals surface area contributed by atoms with Gasteiger partial charge >= 0.3 is 0 Å². The summed E-state index contributed by atoms with van der Waals surface area (Å²) in [6.45, 7) is 0. The summed E-state index contributed by atoms with van der Waals surface area (Å²) >= 11 is 1.56. The second-order valence-electron chi connectivity index (χ2n) is 2.20. The van der Waals surface area contributed by atoms with Gasteiger partial charge in [-0.1, -0.05) is 0 Å². The van der Waals surface area contributed by atoms with E-state index in [1.54, 1.807) is 32.7 Å². The third-order valence-electron chi connectivity index (χ3n) is 1.56. The Kier molecular flexibility index (Phi) is 3.52. The van der Waals surface area contributed by atoms with Gasteiger partial charge in [-0.15, -0.1) is 11.3 Å². The molecule has 4 heteroatoms. The van der Waals surface area contributed by atoms with Gasteiger partial charge in [0.05, 0.1) is 12.7 Å². The van der Waals surface area contributed by atoms with Crippen molar-refractivity contribution in [2.24, 2.45) is 0 Å². The van der Waals surface area contributed by atoms with Gasteiger partial charge in [0.2, 0.25) is 0 Å². The van der Waals surface area contributed by atoms with Gasteiger partial charge in [0.25, 0.3) is 0 Å². The van der Waals surface area contributed by atoms with Crippen LogP contribution in [0.25, 0.3) is 0 Å². The lowest BCUT2D eigenvalue weighted by atomic mass is 10.3.